The lowest BCUT2D eigenvalue weighted by atomic mass is 10.0. The summed E-state index contributed by atoms with van der Waals surface area (Å²) in [5, 5.41) is 14.1. The summed E-state index contributed by atoms with van der Waals surface area (Å²) in [6, 6.07) is 9.54. The van der Waals surface area contributed by atoms with Crippen molar-refractivity contribution >= 4 is 11.6 Å². The number of nitro groups is 1. The average Bonchev–Trinajstić information content (AvgIpc) is 2.61. The fraction of sp³-hybridized carbons (Fsp3) is 0.316. The number of benzene rings is 2. The summed E-state index contributed by atoms with van der Waals surface area (Å²) < 4.78 is 10.6. The monoisotopic (exact) mass is 358 g/mol. The van der Waals surface area contributed by atoms with Crippen LogP contribution in [0.15, 0.2) is 36.4 Å². The molecule has 138 valence electrons. The number of hydrogen-bond donors (Lipinski definition) is 1. The molecule has 0 aliphatic heterocycles. The number of nitro benzene ring substituents is 1. The zero-order valence-corrected chi connectivity index (χ0v) is 15.2. The maximum Gasteiger partial charge on any atom is 0.311 e. The molecule has 0 heterocycles. The van der Waals surface area contributed by atoms with Crippen LogP contribution in [0.1, 0.15) is 41.4 Å². The van der Waals surface area contributed by atoms with E-state index < -0.39 is 10.8 Å². The Morgan fingerprint density at radius 1 is 1.23 bits per heavy atom. The first-order valence-electron chi connectivity index (χ1n) is 8.24. The summed E-state index contributed by atoms with van der Waals surface area (Å²) in [5.74, 6) is 0.399. The van der Waals surface area contributed by atoms with Crippen molar-refractivity contribution < 1.29 is 19.2 Å². The Morgan fingerprint density at radius 3 is 2.54 bits per heavy atom. The minimum atomic E-state index is -0.561. The van der Waals surface area contributed by atoms with Gasteiger partial charge in [-0.25, -0.2) is 0 Å². The first kappa shape index (κ1) is 19.2. The van der Waals surface area contributed by atoms with Crippen molar-refractivity contribution in [1.82, 2.24) is 5.32 Å². The van der Waals surface area contributed by atoms with Gasteiger partial charge in [0.2, 0.25) is 0 Å². The Bertz CT molecular complexity index is 820. The molecule has 7 heteroatoms. The maximum atomic E-state index is 12.5. The number of carbonyl (C=O) groups excluding carboxylic acids is 1. The summed E-state index contributed by atoms with van der Waals surface area (Å²) in [6.07, 6.45) is 0. The minimum Gasteiger partial charge on any atom is -0.496 e. The van der Waals surface area contributed by atoms with Gasteiger partial charge in [-0.1, -0.05) is 17.7 Å². The van der Waals surface area contributed by atoms with Gasteiger partial charge in [0.1, 0.15) is 5.75 Å². The van der Waals surface area contributed by atoms with E-state index in [0.29, 0.717) is 12.4 Å². The molecule has 0 spiro atoms. The summed E-state index contributed by atoms with van der Waals surface area (Å²) >= 11 is 0. The second kappa shape index (κ2) is 8.33. The first-order chi connectivity index (χ1) is 12.4. The van der Waals surface area contributed by atoms with Crippen LogP contribution in [-0.4, -0.2) is 24.5 Å². The van der Waals surface area contributed by atoms with Gasteiger partial charge in [0.05, 0.1) is 24.7 Å². The predicted molar refractivity (Wildman–Crippen MR) is 97.9 cm³/mol. The molecule has 1 atom stereocenters. The first-order valence-corrected chi connectivity index (χ1v) is 8.24. The molecule has 0 aliphatic rings. The Morgan fingerprint density at radius 2 is 1.92 bits per heavy atom. The fourth-order valence-corrected chi connectivity index (χ4v) is 2.63. The lowest BCUT2D eigenvalue weighted by Crippen LogP contribution is -2.27. The minimum absolute atomic E-state index is 0.141. The summed E-state index contributed by atoms with van der Waals surface area (Å²) in [5.41, 5.74) is 1.83. The Hall–Kier alpha value is -3.09. The lowest BCUT2D eigenvalue weighted by molar-refractivity contribution is -0.385. The molecule has 2 aromatic carbocycles. The van der Waals surface area contributed by atoms with Gasteiger partial charge < -0.3 is 14.8 Å². The molecule has 0 aliphatic carbocycles. The average molecular weight is 358 g/mol. The number of amides is 1. The second-order valence-corrected chi connectivity index (χ2v) is 5.81. The van der Waals surface area contributed by atoms with Crippen molar-refractivity contribution in [3.63, 3.8) is 0 Å². The smallest absolute Gasteiger partial charge is 0.311 e. The highest BCUT2D eigenvalue weighted by Crippen LogP contribution is 2.29. The highest BCUT2D eigenvalue weighted by Gasteiger charge is 2.20. The molecule has 1 N–H and O–H groups in total. The van der Waals surface area contributed by atoms with Gasteiger partial charge in [0.15, 0.2) is 5.75 Å². The third-order valence-corrected chi connectivity index (χ3v) is 3.92. The molecule has 1 amide bonds. The SMILES string of the molecule is CCOc1ccc(C(=O)N[C@H](C)c2cc(C)ccc2OC)cc1[N+](=O)[O-]. The molecule has 0 radical (unpaired) electrons. The topological polar surface area (TPSA) is 90.7 Å². The highest BCUT2D eigenvalue weighted by atomic mass is 16.6. The summed E-state index contributed by atoms with van der Waals surface area (Å²) in [6.45, 7) is 5.82. The quantitative estimate of drug-likeness (QED) is 0.600. The van der Waals surface area contributed by atoms with Gasteiger partial charge in [-0.15, -0.1) is 0 Å². The molecule has 0 unspecified atom stereocenters. The molecular weight excluding hydrogens is 336 g/mol. The van der Waals surface area contributed by atoms with Crippen molar-refractivity contribution in [1.29, 1.82) is 0 Å². The number of methoxy groups -OCH3 is 1. The third kappa shape index (κ3) is 4.30. The third-order valence-electron chi connectivity index (χ3n) is 3.92. The molecule has 0 bridgehead atoms. The Balaban J connectivity index is 2.26. The van der Waals surface area contributed by atoms with E-state index in [0.717, 1.165) is 11.1 Å². The number of ether oxygens (including phenoxy) is 2. The van der Waals surface area contributed by atoms with E-state index in [1.807, 2.05) is 32.0 Å². The van der Waals surface area contributed by atoms with E-state index in [1.165, 1.54) is 18.2 Å². The molecule has 26 heavy (non-hydrogen) atoms. The number of nitrogens with one attached hydrogen (secondary N) is 1. The standard InChI is InChI=1S/C19H22N2O5/c1-5-26-18-9-7-14(11-16(18)21(23)24)19(22)20-13(3)15-10-12(2)6-8-17(15)25-4/h6-11,13H,5H2,1-4H3,(H,20,22)/t13-/m1/s1. The van der Waals surface area contributed by atoms with Crippen LogP contribution < -0.4 is 14.8 Å². The number of carbonyl (C=O) groups is 1. The van der Waals surface area contributed by atoms with E-state index in [1.54, 1.807) is 14.0 Å². The van der Waals surface area contributed by atoms with Crippen molar-refractivity contribution in [2.45, 2.75) is 26.8 Å². The largest absolute Gasteiger partial charge is 0.496 e. The number of aryl methyl sites for hydroxylation is 1. The lowest BCUT2D eigenvalue weighted by Gasteiger charge is -2.18. The van der Waals surface area contributed by atoms with Crippen LogP contribution in [-0.2, 0) is 0 Å². The van der Waals surface area contributed by atoms with Gasteiger partial charge >= 0.3 is 5.69 Å². The van der Waals surface area contributed by atoms with Gasteiger partial charge in [-0.05, 0) is 39.0 Å². The highest BCUT2D eigenvalue weighted by molar-refractivity contribution is 5.95. The Labute approximate surface area is 152 Å². The van der Waals surface area contributed by atoms with Crippen molar-refractivity contribution in [3.05, 3.63) is 63.2 Å². The van der Waals surface area contributed by atoms with E-state index in [4.69, 9.17) is 9.47 Å². The van der Waals surface area contributed by atoms with Crippen molar-refractivity contribution in [2.24, 2.45) is 0 Å². The summed E-state index contributed by atoms with van der Waals surface area (Å²) in [4.78, 5) is 23.2. The molecular formula is C19H22N2O5. The van der Waals surface area contributed by atoms with Crippen LogP contribution in [0.3, 0.4) is 0 Å². The predicted octanol–water partition coefficient (Wildman–Crippen LogP) is 3.80. The van der Waals surface area contributed by atoms with E-state index in [9.17, 15) is 14.9 Å². The molecule has 7 nitrogen and oxygen atoms in total. The number of rotatable bonds is 7. The zero-order valence-electron chi connectivity index (χ0n) is 15.2. The van der Waals surface area contributed by atoms with Crippen LogP contribution in [0.25, 0.3) is 0 Å². The van der Waals surface area contributed by atoms with Gasteiger partial charge in [-0.2, -0.15) is 0 Å². The molecule has 0 fully saturated rings. The van der Waals surface area contributed by atoms with Crippen molar-refractivity contribution in [2.75, 3.05) is 13.7 Å². The van der Waals surface area contributed by atoms with Crippen LogP contribution in [0.2, 0.25) is 0 Å². The Kier molecular flexibility index (Phi) is 6.16. The van der Waals surface area contributed by atoms with Crippen molar-refractivity contribution in [3.8, 4) is 11.5 Å². The van der Waals surface area contributed by atoms with E-state index in [2.05, 4.69) is 5.32 Å². The molecule has 0 saturated carbocycles. The van der Waals surface area contributed by atoms with Gasteiger partial charge in [0, 0.05) is 17.2 Å². The maximum absolute atomic E-state index is 12.5. The second-order valence-electron chi connectivity index (χ2n) is 5.81. The molecule has 0 saturated heterocycles. The van der Waals surface area contributed by atoms with Gasteiger partial charge in [-0.3, -0.25) is 14.9 Å². The number of nitrogens with zero attached hydrogens (tertiary/aromatic N) is 1. The van der Waals surface area contributed by atoms with E-state index in [-0.39, 0.29) is 23.0 Å². The molecule has 2 aromatic rings. The zero-order chi connectivity index (χ0) is 19.3. The van der Waals surface area contributed by atoms with Crippen LogP contribution >= 0.6 is 0 Å². The molecule has 0 aromatic heterocycles. The summed E-state index contributed by atoms with van der Waals surface area (Å²) in [7, 11) is 1.57. The van der Waals surface area contributed by atoms with Gasteiger partial charge in [0.25, 0.3) is 5.91 Å². The van der Waals surface area contributed by atoms with E-state index >= 15 is 0 Å². The number of hydrogen-bond acceptors (Lipinski definition) is 5. The normalized spacial score (nSPS) is 11.5. The van der Waals surface area contributed by atoms with Crippen LogP contribution in [0.5, 0.6) is 11.5 Å². The molecule has 2 rings (SSSR count). The fourth-order valence-electron chi connectivity index (χ4n) is 2.63. The van der Waals surface area contributed by atoms with Crippen LogP contribution in [0.4, 0.5) is 5.69 Å². The van der Waals surface area contributed by atoms with Crippen LogP contribution in [0, 0.1) is 17.0 Å².